The van der Waals surface area contributed by atoms with Crippen LogP contribution < -0.4 is 10.6 Å². The number of nitrogens with zero attached hydrogens (tertiary/aromatic N) is 2. The van der Waals surface area contributed by atoms with Gasteiger partial charge in [0.2, 0.25) is 0 Å². The molecule has 1 atom stereocenters. The third-order valence-electron chi connectivity index (χ3n) is 4.11. The lowest BCUT2D eigenvalue weighted by Gasteiger charge is -2.25. The third kappa shape index (κ3) is 3.45. The average Bonchev–Trinajstić information content (AvgIpc) is 2.71. The van der Waals surface area contributed by atoms with Crippen LogP contribution in [0.15, 0.2) is 27.8 Å². The van der Waals surface area contributed by atoms with E-state index in [1.165, 1.54) is 25.7 Å². The Hall–Kier alpha value is -1.23. The van der Waals surface area contributed by atoms with Crippen LogP contribution >= 0.6 is 15.9 Å². The number of oxime groups is 1. The Morgan fingerprint density at radius 3 is 2.95 bits per heavy atom. The summed E-state index contributed by atoms with van der Waals surface area (Å²) in [5.74, 6) is 0.986. The molecule has 3 N–H and O–H groups in total. The molecule has 1 unspecified atom stereocenters. The van der Waals surface area contributed by atoms with Crippen molar-refractivity contribution < 1.29 is 5.21 Å². The zero-order valence-corrected chi connectivity index (χ0v) is 13.4. The van der Waals surface area contributed by atoms with Crippen LogP contribution in [0, 0.1) is 5.92 Å². The standard InChI is InChI=1S/C15H22BrN3O/c1-2-11-4-3-8-19(9-7-11)14-6-5-12(16)10-13(14)15(17)18-20/h5-6,10-11,20H,2-4,7-9H2,1H3,(H2,17,18). The van der Waals surface area contributed by atoms with Crippen molar-refractivity contribution in [1.82, 2.24) is 0 Å². The summed E-state index contributed by atoms with van der Waals surface area (Å²) in [6.45, 7) is 4.33. The molecule has 1 aromatic rings. The van der Waals surface area contributed by atoms with Crippen molar-refractivity contribution in [3.8, 4) is 0 Å². The summed E-state index contributed by atoms with van der Waals surface area (Å²) in [5, 5.41) is 12.1. The van der Waals surface area contributed by atoms with Crippen molar-refractivity contribution in [3.05, 3.63) is 28.2 Å². The van der Waals surface area contributed by atoms with Gasteiger partial charge in [0, 0.05) is 28.8 Å². The molecule has 5 heteroatoms. The first-order valence-electron chi connectivity index (χ1n) is 7.18. The Kier molecular flexibility index (Phi) is 5.29. The molecule has 0 saturated carbocycles. The lowest BCUT2D eigenvalue weighted by Crippen LogP contribution is -2.27. The molecule has 1 saturated heterocycles. The number of halogens is 1. The predicted molar refractivity (Wildman–Crippen MR) is 86.5 cm³/mol. The second-order valence-electron chi connectivity index (χ2n) is 5.34. The third-order valence-corrected chi connectivity index (χ3v) is 4.60. The summed E-state index contributed by atoms with van der Waals surface area (Å²) in [5.41, 5.74) is 7.66. The predicted octanol–water partition coefficient (Wildman–Crippen LogP) is 3.56. The van der Waals surface area contributed by atoms with Crippen LogP contribution in [0.4, 0.5) is 5.69 Å². The van der Waals surface area contributed by atoms with Crippen molar-refractivity contribution >= 4 is 27.5 Å². The molecule has 1 aromatic carbocycles. The quantitative estimate of drug-likeness (QED) is 0.383. The monoisotopic (exact) mass is 339 g/mol. The Balaban J connectivity index is 2.27. The smallest absolute Gasteiger partial charge is 0.172 e. The van der Waals surface area contributed by atoms with Gasteiger partial charge in [0.05, 0.1) is 0 Å². The van der Waals surface area contributed by atoms with E-state index in [0.29, 0.717) is 0 Å². The van der Waals surface area contributed by atoms with Crippen LogP contribution in [0.2, 0.25) is 0 Å². The second kappa shape index (κ2) is 6.97. The van der Waals surface area contributed by atoms with E-state index in [-0.39, 0.29) is 5.84 Å². The van der Waals surface area contributed by atoms with Crippen molar-refractivity contribution in [2.24, 2.45) is 16.8 Å². The number of hydrogen-bond donors (Lipinski definition) is 2. The molecule has 20 heavy (non-hydrogen) atoms. The van der Waals surface area contributed by atoms with Crippen molar-refractivity contribution in [2.45, 2.75) is 32.6 Å². The van der Waals surface area contributed by atoms with Crippen molar-refractivity contribution in [1.29, 1.82) is 0 Å². The molecule has 0 spiro atoms. The number of hydrogen-bond acceptors (Lipinski definition) is 3. The van der Waals surface area contributed by atoms with E-state index in [0.717, 1.165) is 34.7 Å². The van der Waals surface area contributed by atoms with Gasteiger partial charge in [-0.1, -0.05) is 34.4 Å². The fourth-order valence-electron chi connectivity index (χ4n) is 2.86. The van der Waals surface area contributed by atoms with Crippen LogP contribution in [-0.2, 0) is 0 Å². The van der Waals surface area contributed by atoms with Crippen LogP contribution in [0.1, 0.15) is 38.2 Å². The number of anilines is 1. The summed E-state index contributed by atoms with van der Waals surface area (Å²) < 4.78 is 0.934. The van der Waals surface area contributed by atoms with Crippen LogP contribution in [-0.4, -0.2) is 24.1 Å². The summed E-state index contributed by atoms with van der Waals surface area (Å²) in [4.78, 5) is 2.36. The maximum atomic E-state index is 8.97. The minimum absolute atomic E-state index is 0.164. The van der Waals surface area contributed by atoms with Crippen molar-refractivity contribution in [3.63, 3.8) is 0 Å². The highest BCUT2D eigenvalue weighted by molar-refractivity contribution is 9.10. The Morgan fingerprint density at radius 2 is 2.25 bits per heavy atom. The summed E-state index contributed by atoms with van der Waals surface area (Å²) in [7, 11) is 0. The zero-order chi connectivity index (χ0) is 14.5. The first-order chi connectivity index (χ1) is 9.65. The number of nitrogens with two attached hydrogens (primary N) is 1. The molecule has 110 valence electrons. The van der Waals surface area contributed by atoms with E-state index in [2.05, 4.69) is 32.9 Å². The van der Waals surface area contributed by atoms with Gasteiger partial charge >= 0.3 is 0 Å². The summed E-state index contributed by atoms with van der Waals surface area (Å²) in [6.07, 6.45) is 4.95. The lowest BCUT2D eigenvalue weighted by atomic mass is 9.98. The van der Waals surface area contributed by atoms with Gasteiger partial charge in [0.15, 0.2) is 5.84 Å². The average molecular weight is 340 g/mol. The highest BCUT2D eigenvalue weighted by atomic mass is 79.9. The van der Waals surface area contributed by atoms with E-state index in [9.17, 15) is 0 Å². The van der Waals surface area contributed by atoms with E-state index in [1.54, 1.807) is 0 Å². The number of rotatable bonds is 3. The lowest BCUT2D eigenvalue weighted by molar-refractivity contribution is 0.318. The molecule has 1 aliphatic rings. The molecule has 0 bridgehead atoms. The van der Waals surface area contributed by atoms with Gasteiger partial charge in [-0.15, -0.1) is 0 Å². The van der Waals surface area contributed by atoms with Gasteiger partial charge in [-0.2, -0.15) is 0 Å². The van der Waals surface area contributed by atoms with E-state index >= 15 is 0 Å². The van der Waals surface area contributed by atoms with Crippen molar-refractivity contribution in [2.75, 3.05) is 18.0 Å². The topological polar surface area (TPSA) is 61.8 Å². The minimum atomic E-state index is 0.164. The molecular weight excluding hydrogens is 318 g/mol. The Labute approximate surface area is 128 Å². The molecule has 1 heterocycles. The van der Waals surface area contributed by atoms with Gasteiger partial charge in [0.1, 0.15) is 0 Å². The molecule has 0 aromatic heterocycles. The largest absolute Gasteiger partial charge is 0.409 e. The SMILES string of the molecule is CCC1CCCN(c2ccc(Br)cc2/C(N)=N/O)CC1. The molecule has 2 rings (SSSR count). The van der Waals surface area contributed by atoms with Gasteiger partial charge in [-0.05, 0) is 43.4 Å². The molecule has 0 amide bonds. The molecule has 0 aliphatic carbocycles. The van der Waals surface area contributed by atoms with Gasteiger partial charge in [0.25, 0.3) is 0 Å². The van der Waals surface area contributed by atoms with E-state index < -0.39 is 0 Å². The maximum absolute atomic E-state index is 8.97. The van der Waals surface area contributed by atoms with Gasteiger partial charge in [-0.25, -0.2) is 0 Å². The maximum Gasteiger partial charge on any atom is 0.172 e. The first-order valence-corrected chi connectivity index (χ1v) is 7.97. The molecular formula is C15H22BrN3O. The second-order valence-corrected chi connectivity index (χ2v) is 6.25. The summed E-state index contributed by atoms with van der Waals surface area (Å²) >= 11 is 3.44. The fourth-order valence-corrected chi connectivity index (χ4v) is 3.22. The van der Waals surface area contributed by atoms with Gasteiger partial charge < -0.3 is 15.8 Å². The van der Waals surface area contributed by atoms with E-state index in [1.807, 2.05) is 18.2 Å². The fraction of sp³-hybridized carbons (Fsp3) is 0.533. The highest BCUT2D eigenvalue weighted by Gasteiger charge is 2.19. The summed E-state index contributed by atoms with van der Waals surface area (Å²) in [6, 6.07) is 5.96. The van der Waals surface area contributed by atoms with Gasteiger partial charge in [-0.3, -0.25) is 0 Å². The van der Waals surface area contributed by atoms with Crippen LogP contribution in [0.3, 0.4) is 0 Å². The van der Waals surface area contributed by atoms with Crippen LogP contribution in [0.25, 0.3) is 0 Å². The normalized spacial score (nSPS) is 20.8. The minimum Gasteiger partial charge on any atom is -0.409 e. The Morgan fingerprint density at radius 1 is 1.45 bits per heavy atom. The highest BCUT2D eigenvalue weighted by Crippen LogP contribution is 2.29. The molecule has 1 fully saturated rings. The van der Waals surface area contributed by atoms with E-state index in [4.69, 9.17) is 10.9 Å². The first kappa shape index (κ1) is 15.2. The Bertz CT molecular complexity index is 490. The molecule has 0 radical (unpaired) electrons. The number of benzene rings is 1. The molecule has 4 nitrogen and oxygen atoms in total. The van der Waals surface area contributed by atoms with Crippen LogP contribution in [0.5, 0.6) is 0 Å². The number of amidine groups is 1. The zero-order valence-electron chi connectivity index (χ0n) is 11.8. The molecule has 1 aliphatic heterocycles.